The number of nitrogen functional groups attached to an aromatic ring is 1. The van der Waals surface area contributed by atoms with E-state index in [4.69, 9.17) is 10.5 Å². The van der Waals surface area contributed by atoms with Gasteiger partial charge in [-0.15, -0.1) is 0 Å². The van der Waals surface area contributed by atoms with Crippen LogP contribution in [0.5, 0.6) is 5.75 Å². The van der Waals surface area contributed by atoms with Gasteiger partial charge in [-0.25, -0.2) is 0 Å². The summed E-state index contributed by atoms with van der Waals surface area (Å²) in [4.78, 5) is 0. The molecule has 27 heavy (non-hydrogen) atoms. The molecule has 0 saturated heterocycles. The Morgan fingerprint density at radius 2 is 1.85 bits per heavy atom. The molecule has 136 valence electrons. The van der Waals surface area contributed by atoms with Crippen LogP contribution in [0.3, 0.4) is 0 Å². The molecule has 6 heteroatoms. The van der Waals surface area contributed by atoms with Crippen LogP contribution in [-0.4, -0.2) is 21.5 Å². The molecule has 0 aliphatic carbocycles. The summed E-state index contributed by atoms with van der Waals surface area (Å²) in [6, 6.07) is 8.27. The van der Waals surface area contributed by atoms with Crippen LogP contribution >= 0.6 is 0 Å². The number of hydrogen-bond acceptors (Lipinski definition) is 4. The zero-order valence-electron chi connectivity index (χ0n) is 16.1. The summed E-state index contributed by atoms with van der Waals surface area (Å²) >= 11 is 0. The predicted octanol–water partition coefficient (Wildman–Crippen LogP) is 3.90. The number of aryl methyl sites for hydroxylation is 3. The molecule has 0 fully saturated rings. The van der Waals surface area contributed by atoms with Gasteiger partial charge < -0.3 is 10.5 Å². The fourth-order valence-corrected chi connectivity index (χ4v) is 4.11. The third-order valence-corrected chi connectivity index (χ3v) is 5.31. The van der Waals surface area contributed by atoms with Crippen molar-refractivity contribution in [1.29, 1.82) is 5.26 Å². The predicted molar refractivity (Wildman–Crippen MR) is 107 cm³/mol. The molecule has 0 aliphatic heterocycles. The number of anilines is 1. The van der Waals surface area contributed by atoms with Crippen LogP contribution in [0.4, 0.5) is 5.82 Å². The fraction of sp³-hybridized carbons (Fsp3) is 0.238. The zero-order valence-corrected chi connectivity index (χ0v) is 16.1. The molecule has 0 saturated carbocycles. The molecule has 2 heterocycles. The number of hydrogen-bond donors (Lipinski definition) is 1. The van der Waals surface area contributed by atoms with E-state index >= 15 is 0 Å². The molecule has 0 spiro atoms. The summed E-state index contributed by atoms with van der Waals surface area (Å²) < 4.78 is 9.36. The Hall–Kier alpha value is -3.46. The molecule has 0 radical (unpaired) electrons. The molecule has 0 aliphatic rings. The number of nitrogens with zero attached hydrogens (tertiary/aromatic N) is 4. The van der Waals surface area contributed by atoms with Gasteiger partial charge in [0, 0.05) is 23.4 Å². The Labute approximate surface area is 157 Å². The lowest BCUT2D eigenvalue weighted by molar-refractivity contribution is 0.411. The topological polar surface area (TPSA) is 81.8 Å². The third kappa shape index (κ3) is 2.15. The van der Waals surface area contributed by atoms with Crippen LogP contribution in [-0.2, 0) is 7.05 Å². The normalized spacial score (nSPS) is 11.3. The minimum Gasteiger partial charge on any atom is -0.496 e. The van der Waals surface area contributed by atoms with Gasteiger partial charge in [-0.05, 0) is 44.0 Å². The minimum absolute atomic E-state index is 0.433. The Bertz CT molecular complexity index is 1270. The first-order valence-electron chi connectivity index (χ1n) is 8.70. The number of nitrogens with two attached hydrogens (primary N) is 1. The van der Waals surface area contributed by atoms with Crippen LogP contribution in [0.25, 0.3) is 27.5 Å². The highest BCUT2D eigenvalue weighted by atomic mass is 16.5. The monoisotopic (exact) mass is 359 g/mol. The van der Waals surface area contributed by atoms with Gasteiger partial charge in [0.05, 0.1) is 30.0 Å². The van der Waals surface area contributed by atoms with E-state index in [9.17, 15) is 5.26 Å². The number of nitriles is 1. The van der Waals surface area contributed by atoms with Gasteiger partial charge in [-0.2, -0.15) is 10.4 Å². The molecule has 2 aromatic carbocycles. The molecule has 0 amide bonds. The lowest BCUT2D eigenvalue weighted by Gasteiger charge is -2.17. The number of fused-ring (bicyclic) bond motifs is 3. The molecule has 6 nitrogen and oxygen atoms in total. The van der Waals surface area contributed by atoms with Crippen molar-refractivity contribution < 1.29 is 4.74 Å². The maximum atomic E-state index is 9.80. The molecule has 0 atom stereocenters. The van der Waals surface area contributed by atoms with E-state index in [0.717, 1.165) is 49.9 Å². The Balaban J connectivity index is 2.29. The maximum absolute atomic E-state index is 9.80. The average Bonchev–Trinajstić information content (AvgIpc) is 3.14. The number of benzene rings is 2. The second kappa shape index (κ2) is 5.78. The van der Waals surface area contributed by atoms with E-state index in [-0.39, 0.29) is 0 Å². The summed E-state index contributed by atoms with van der Waals surface area (Å²) in [5.74, 6) is 1.22. The summed E-state index contributed by atoms with van der Waals surface area (Å²) in [5.41, 5.74) is 13.0. The first kappa shape index (κ1) is 17.0. The van der Waals surface area contributed by atoms with Gasteiger partial charge >= 0.3 is 0 Å². The van der Waals surface area contributed by atoms with Gasteiger partial charge in [0.2, 0.25) is 0 Å². The van der Waals surface area contributed by atoms with Crippen LogP contribution < -0.4 is 10.5 Å². The highest BCUT2D eigenvalue weighted by molar-refractivity contribution is 6.11. The number of rotatable bonds is 2. The third-order valence-electron chi connectivity index (χ3n) is 5.31. The quantitative estimate of drug-likeness (QED) is 0.588. The summed E-state index contributed by atoms with van der Waals surface area (Å²) in [6.07, 6.45) is 1.84. The van der Waals surface area contributed by atoms with Gasteiger partial charge in [0.25, 0.3) is 0 Å². The summed E-state index contributed by atoms with van der Waals surface area (Å²) in [6.45, 7) is 6.07. The van der Waals surface area contributed by atoms with Crippen molar-refractivity contribution in [2.75, 3.05) is 12.8 Å². The molecular weight excluding hydrogens is 338 g/mol. The standard InChI is InChI=1S/C21H21N5O/c1-11-6-7-17(27-5)13(3)18(11)26-20-14(15(9-22)21(26)23)8-12(2)19-16(20)10-24-25(19)4/h6-8,10H,23H2,1-5H3. The maximum Gasteiger partial charge on any atom is 0.127 e. The molecule has 4 rings (SSSR count). The minimum atomic E-state index is 0.433. The largest absolute Gasteiger partial charge is 0.496 e. The molecule has 2 N–H and O–H groups in total. The number of ether oxygens (including phenoxy) is 1. The van der Waals surface area contributed by atoms with E-state index in [1.54, 1.807) is 7.11 Å². The van der Waals surface area contributed by atoms with Crippen molar-refractivity contribution in [3.63, 3.8) is 0 Å². The van der Waals surface area contributed by atoms with Crippen molar-refractivity contribution >= 4 is 27.6 Å². The number of methoxy groups -OCH3 is 1. The highest BCUT2D eigenvalue weighted by Gasteiger charge is 2.23. The SMILES string of the molecule is COc1ccc(C)c(-n2c(N)c(C#N)c3cc(C)c4c(cnn4C)c32)c1C. The van der Waals surface area contributed by atoms with Crippen molar-refractivity contribution in [2.45, 2.75) is 20.8 Å². The molecule has 0 bridgehead atoms. The van der Waals surface area contributed by atoms with Crippen LogP contribution in [0.2, 0.25) is 0 Å². The average molecular weight is 359 g/mol. The van der Waals surface area contributed by atoms with Crippen molar-refractivity contribution in [2.24, 2.45) is 7.05 Å². The van der Waals surface area contributed by atoms with Crippen molar-refractivity contribution in [3.05, 3.63) is 46.6 Å². The summed E-state index contributed by atoms with van der Waals surface area (Å²) in [7, 11) is 3.58. The van der Waals surface area contributed by atoms with Crippen molar-refractivity contribution in [3.8, 4) is 17.5 Å². The molecule has 4 aromatic rings. The molecule has 0 unspecified atom stereocenters. The van der Waals surface area contributed by atoms with Gasteiger partial charge in [-0.3, -0.25) is 9.25 Å². The fourth-order valence-electron chi connectivity index (χ4n) is 4.11. The van der Waals surface area contributed by atoms with E-state index in [1.807, 2.05) is 61.5 Å². The van der Waals surface area contributed by atoms with Gasteiger partial charge in [-0.1, -0.05) is 6.07 Å². The van der Waals surface area contributed by atoms with Crippen LogP contribution in [0.1, 0.15) is 22.3 Å². The lowest BCUT2D eigenvalue weighted by Crippen LogP contribution is -2.06. The molecule has 2 aromatic heterocycles. The molecular formula is C21H21N5O. The van der Waals surface area contributed by atoms with Crippen LogP contribution in [0.15, 0.2) is 24.4 Å². The van der Waals surface area contributed by atoms with Crippen LogP contribution in [0, 0.1) is 32.1 Å². The second-order valence-electron chi connectivity index (χ2n) is 6.89. The van der Waals surface area contributed by atoms with E-state index < -0.39 is 0 Å². The van der Waals surface area contributed by atoms with E-state index in [1.165, 1.54) is 0 Å². The van der Waals surface area contributed by atoms with Crippen molar-refractivity contribution in [1.82, 2.24) is 14.3 Å². The summed E-state index contributed by atoms with van der Waals surface area (Å²) in [5, 5.41) is 16.1. The Morgan fingerprint density at radius 1 is 1.11 bits per heavy atom. The first-order chi connectivity index (χ1) is 12.9. The highest BCUT2D eigenvalue weighted by Crippen LogP contribution is 2.40. The Kier molecular flexibility index (Phi) is 3.63. The zero-order chi connectivity index (χ0) is 19.5. The smallest absolute Gasteiger partial charge is 0.127 e. The van der Waals surface area contributed by atoms with E-state index in [0.29, 0.717) is 11.4 Å². The van der Waals surface area contributed by atoms with E-state index in [2.05, 4.69) is 11.2 Å². The van der Waals surface area contributed by atoms with Gasteiger partial charge in [0.15, 0.2) is 0 Å². The lowest BCUT2D eigenvalue weighted by atomic mass is 10.1. The Morgan fingerprint density at radius 3 is 2.52 bits per heavy atom. The first-order valence-corrected chi connectivity index (χ1v) is 8.70. The number of aromatic nitrogens is 3. The second-order valence-corrected chi connectivity index (χ2v) is 6.89. The van der Waals surface area contributed by atoms with Gasteiger partial charge in [0.1, 0.15) is 23.2 Å².